The highest BCUT2D eigenvalue weighted by Gasteiger charge is 2.14. The van der Waals surface area contributed by atoms with Crippen molar-refractivity contribution in [1.29, 1.82) is 5.26 Å². The maximum atomic E-state index is 14.0. The smallest absolute Gasteiger partial charge is 0.274 e. The van der Waals surface area contributed by atoms with Crippen LogP contribution >= 0.6 is 0 Å². The van der Waals surface area contributed by atoms with E-state index < -0.39 is 11.7 Å². The van der Waals surface area contributed by atoms with Gasteiger partial charge in [-0.2, -0.15) is 10.4 Å². The van der Waals surface area contributed by atoms with E-state index in [1.165, 1.54) is 37.6 Å². The summed E-state index contributed by atoms with van der Waals surface area (Å²) in [7, 11) is 1.49. The van der Waals surface area contributed by atoms with Gasteiger partial charge in [0.2, 0.25) is 0 Å². The van der Waals surface area contributed by atoms with Crippen molar-refractivity contribution in [3.8, 4) is 17.6 Å². The zero-order chi connectivity index (χ0) is 24.5. The van der Waals surface area contributed by atoms with E-state index in [1.54, 1.807) is 36.4 Å². The molecule has 8 heteroatoms. The Morgan fingerprint density at radius 3 is 2.59 bits per heavy atom. The molecule has 6 nitrogen and oxygen atoms in total. The number of benzene rings is 3. The van der Waals surface area contributed by atoms with Crippen LogP contribution in [0, 0.1) is 23.0 Å². The van der Waals surface area contributed by atoms with Gasteiger partial charge in [-0.3, -0.25) is 4.79 Å². The Labute approximate surface area is 195 Å². The Morgan fingerprint density at radius 2 is 1.94 bits per heavy atom. The van der Waals surface area contributed by atoms with Crippen molar-refractivity contribution in [1.82, 2.24) is 5.43 Å². The Balaban J connectivity index is 1.77. The number of hydrogen-bond donors (Lipinski definition) is 1. The SMILES string of the molecule is C=CCc1cc(/C=N\NC(=O)c2ccc(C#N)cc2F)cc(OC)c1OCc1ccc(F)cc1. The summed E-state index contributed by atoms with van der Waals surface area (Å²) in [6.07, 6.45) is 3.56. The van der Waals surface area contributed by atoms with Crippen LogP contribution < -0.4 is 14.9 Å². The minimum atomic E-state index is -0.815. The third-order valence-corrected chi connectivity index (χ3v) is 4.76. The van der Waals surface area contributed by atoms with E-state index in [9.17, 15) is 13.6 Å². The normalized spacial score (nSPS) is 10.5. The lowest BCUT2D eigenvalue weighted by molar-refractivity contribution is 0.0951. The van der Waals surface area contributed by atoms with Gasteiger partial charge in [0.15, 0.2) is 11.5 Å². The first-order valence-corrected chi connectivity index (χ1v) is 10.2. The standard InChI is InChI=1S/C26H21F2N3O3/c1-3-4-20-11-19(15-30-31-26(32)22-10-7-18(14-29)12-23(22)28)13-24(33-2)25(20)34-16-17-5-8-21(27)9-6-17/h3,5-13,15H,1,4,16H2,2H3,(H,31,32)/b30-15-. The fourth-order valence-corrected chi connectivity index (χ4v) is 3.11. The van der Waals surface area contributed by atoms with Gasteiger partial charge < -0.3 is 9.47 Å². The fourth-order valence-electron chi connectivity index (χ4n) is 3.11. The second-order valence-electron chi connectivity index (χ2n) is 7.12. The first-order chi connectivity index (χ1) is 16.4. The van der Waals surface area contributed by atoms with E-state index in [1.807, 2.05) is 0 Å². The highest BCUT2D eigenvalue weighted by atomic mass is 19.1. The van der Waals surface area contributed by atoms with E-state index in [0.29, 0.717) is 23.5 Å². The van der Waals surface area contributed by atoms with Crippen LogP contribution in [0.1, 0.15) is 32.6 Å². The Bertz CT molecular complexity index is 1270. The largest absolute Gasteiger partial charge is 0.493 e. The van der Waals surface area contributed by atoms with Crippen molar-refractivity contribution in [3.63, 3.8) is 0 Å². The molecular formula is C26H21F2N3O3. The summed E-state index contributed by atoms with van der Waals surface area (Å²) in [5.74, 6) is -0.952. The predicted molar refractivity (Wildman–Crippen MR) is 124 cm³/mol. The maximum absolute atomic E-state index is 14.0. The Hall–Kier alpha value is -4.51. The molecule has 0 heterocycles. The second kappa shape index (κ2) is 11.4. The summed E-state index contributed by atoms with van der Waals surface area (Å²) >= 11 is 0. The number of carbonyl (C=O) groups excluding carboxylic acids is 1. The van der Waals surface area contributed by atoms with Gasteiger partial charge >= 0.3 is 0 Å². The van der Waals surface area contributed by atoms with Crippen LogP contribution in [0.4, 0.5) is 8.78 Å². The number of carbonyl (C=O) groups is 1. The number of nitrogens with zero attached hydrogens (tertiary/aromatic N) is 2. The molecule has 0 unspecified atom stereocenters. The van der Waals surface area contributed by atoms with Gasteiger partial charge in [-0.1, -0.05) is 18.2 Å². The van der Waals surface area contributed by atoms with E-state index in [2.05, 4.69) is 17.1 Å². The number of halogens is 2. The average molecular weight is 461 g/mol. The Kier molecular flexibility index (Phi) is 8.08. The zero-order valence-electron chi connectivity index (χ0n) is 18.3. The van der Waals surface area contributed by atoms with Crippen molar-refractivity contribution < 1.29 is 23.0 Å². The van der Waals surface area contributed by atoms with Crippen LogP contribution in [0.2, 0.25) is 0 Å². The number of amides is 1. The molecule has 0 aliphatic carbocycles. The minimum absolute atomic E-state index is 0.112. The third kappa shape index (κ3) is 6.04. The number of rotatable bonds is 9. The van der Waals surface area contributed by atoms with Crippen LogP contribution in [0.3, 0.4) is 0 Å². The van der Waals surface area contributed by atoms with Crippen molar-refractivity contribution in [2.75, 3.05) is 7.11 Å². The number of ether oxygens (including phenoxy) is 2. The van der Waals surface area contributed by atoms with E-state index in [-0.39, 0.29) is 23.6 Å². The van der Waals surface area contributed by atoms with Crippen LogP contribution in [0.15, 0.2) is 72.4 Å². The predicted octanol–water partition coefficient (Wildman–Crippen LogP) is 4.92. The highest BCUT2D eigenvalue weighted by molar-refractivity contribution is 5.95. The molecule has 0 aliphatic rings. The number of nitriles is 1. The number of allylic oxidation sites excluding steroid dienone is 1. The molecule has 3 rings (SSSR count). The third-order valence-electron chi connectivity index (χ3n) is 4.76. The van der Waals surface area contributed by atoms with Gasteiger partial charge in [0.25, 0.3) is 5.91 Å². The molecule has 1 N–H and O–H groups in total. The van der Waals surface area contributed by atoms with E-state index >= 15 is 0 Å². The molecule has 0 fully saturated rings. The lowest BCUT2D eigenvalue weighted by Gasteiger charge is -2.16. The average Bonchev–Trinajstić information content (AvgIpc) is 2.84. The summed E-state index contributed by atoms with van der Waals surface area (Å²) in [5, 5.41) is 12.7. The summed E-state index contributed by atoms with van der Waals surface area (Å²) in [6, 6.07) is 14.8. The van der Waals surface area contributed by atoms with Crippen LogP contribution in [0.25, 0.3) is 0 Å². The number of methoxy groups -OCH3 is 1. The van der Waals surface area contributed by atoms with Crippen LogP contribution in [-0.4, -0.2) is 19.2 Å². The fraction of sp³-hybridized carbons (Fsp3) is 0.115. The van der Waals surface area contributed by atoms with Crippen molar-refractivity contribution >= 4 is 12.1 Å². The Morgan fingerprint density at radius 1 is 1.18 bits per heavy atom. The first-order valence-electron chi connectivity index (χ1n) is 10.2. The molecule has 0 atom stereocenters. The summed E-state index contributed by atoms with van der Waals surface area (Å²) in [4.78, 5) is 12.2. The minimum Gasteiger partial charge on any atom is -0.493 e. The van der Waals surface area contributed by atoms with Crippen LogP contribution in [-0.2, 0) is 13.0 Å². The van der Waals surface area contributed by atoms with E-state index in [0.717, 1.165) is 17.2 Å². The number of nitrogens with one attached hydrogen (secondary N) is 1. The maximum Gasteiger partial charge on any atom is 0.274 e. The molecule has 0 aromatic heterocycles. The number of hydrogen-bond acceptors (Lipinski definition) is 5. The molecule has 3 aromatic carbocycles. The molecular weight excluding hydrogens is 440 g/mol. The molecule has 34 heavy (non-hydrogen) atoms. The van der Waals surface area contributed by atoms with Crippen molar-refractivity contribution in [2.24, 2.45) is 5.10 Å². The highest BCUT2D eigenvalue weighted by Crippen LogP contribution is 2.34. The van der Waals surface area contributed by atoms with Gasteiger partial charge in [-0.25, -0.2) is 14.2 Å². The summed E-state index contributed by atoms with van der Waals surface area (Å²) in [6.45, 7) is 3.97. The molecule has 0 aliphatic heterocycles. The van der Waals surface area contributed by atoms with Crippen LogP contribution in [0.5, 0.6) is 11.5 Å². The molecule has 0 saturated heterocycles. The summed E-state index contributed by atoms with van der Waals surface area (Å²) < 4.78 is 38.6. The molecule has 3 aromatic rings. The van der Waals surface area contributed by atoms with Gasteiger partial charge in [-0.15, -0.1) is 6.58 Å². The molecule has 172 valence electrons. The van der Waals surface area contributed by atoms with Gasteiger partial charge in [0, 0.05) is 5.56 Å². The monoisotopic (exact) mass is 461 g/mol. The molecule has 0 bridgehead atoms. The lowest BCUT2D eigenvalue weighted by atomic mass is 10.1. The van der Waals surface area contributed by atoms with E-state index in [4.69, 9.17) is 14.7 Å². The number of hydrazone groups is 1. The molecule has 1 amide bonds. The van der Waals surface area contributed by atoms with Gasteiger partial charge in [0.05, 0.1) is 30.5 Å². The quantitative estimate of drug-likeness (QED) is 0.279. The van der Waals surface area contributed by atoms with Crippen molar-refractivity contribution in [3.05, 3.63) is 107 Å². The summed E-state index contributed by atoms with van der Waals surface area (Å²) in [5.41, 5.74) is 4.30. The second-order valence-corrected chi connectivity index (χ2v) is 7.12. The molecule has 0 radical (unpaired) electrons. The topological polar surface area (TPSA) is 83.7 Å². The van der Waals surface area contributed by atoms with Gasteiger partial charge in [0.1, 0.15) is 18.2 Å². The first kappa shape index (κ1) is 24.1. The van der Waals surface area contributed by atoms with Crippen molar-refractivity contribution in [2.45, 2.75) is 13.0 Å². The zero-order valence-corrected chi connectivity index (χ0v) is 18.3. The molecule has 0 saturated carbocycles. The van der Waals surface area contributed by atoms with Gasteiger partial charge in [-0.05, 0) is 60.0 Å². The lowest BCUT2D eigenvalue weighted by Crippen LogP contribution is -2.19. The molecule has 0 spiro atoms.